The number of halogens is 1. The molecule has 0 aliphatic rings. The van der Waals surface area contributed by atoms with Crippen LogP contribution in [0.2, 0.25) is 5.02 Å². The molecule has 3 heteroatoms. The third-order valence-electron chi connectivity index (χ3n) is 4.26. The molecule has 0 aromatic heterocycles. The SMILES string of the molecule is CC(=CCN(CC(C)C)CC(C)C)c1ccc(Oc2ccc(Cl)cc2)cc1. The lowest BCUT2D eigenvalue weighted by Crippen LogP contribution is -2.31. The van der Waals surface area contributed by atoms with E-state index in [0.29, 0.717) is 16.9 Å². The summed E-state index contributed by atoms with van der Waals surface area (Å²) in [6, 6.07) is 15.7. The van der Waals surface area contributed by atoms with Crippen molar-refractivity contribution in [3.05, 3.63) is 65.2 Å². The normalized spacial score (nSPS) is 12.3. The van der Waals surface area contributed by atoms with Gasteiger partial charge in [0.2, 0.25) is 0 Å². The van der Waals surface area contributed by atoms with E-state index in [-0.39, 0.29) is 0 Å². The zero-order valence-corrected chi connectivity index (χ0v) is 18.0. The first-order chi connectivity index (χ1) is 12.8. The van der Waals surface area contributed by atoms with Gasteiger partial charge in [-0.05, 0) is 66.3 Å². The molecule has 0 aliphatic heterocycles. The summed E-state index contributed by atoms with van der Waals surface area (Å²) in [5, 5.41) is 0.711. The minimum absolute atomic E-state index is 0.682. The molecular formula is C24H32ClNO. The van der Waals surface area contributed by atoms with Crippen LogP contribution >= 0.6 is 11.6 Å². The lowest BCUT2D eigenvalue weighted by Gasteiger charge is -2.25. The van der Waals surface area contributed by atoms with Crippen LogP contribution in [0.25, 0.3) is 5.57 Å². The van der Waals surface area contributed by atoms with Gasteiger partial charge < -0.3 is 4.74 Å². The largest absolute Gasteiger partial charge is 0.457 e. The Bertz CT molecular complexity index is 707. The van der Waals surface area contributed by atoms with Crippen LogP contribution in [0.5, 0.6) is 11.5 Å². The fourth-order valence-corrected chi connectivity index (χ4v) is 3.19. The van der Waals surface area contributed by atoms with Crippen LogP contribution in [-0.4, -0.2) is 24.5 Å². The maximum absolute atomic E-state index is 5.91. The van der Waals surface area contributed by atoms with Crippen LogP contribution in [0.15, 0.2) is 54.6 Å². The van der Waals surface area contributed by atoms with Crippen molar-refractivity contribution in [3.63, 3.8) is 0 Å². The highest BCUT2D eigenvalue weighted by Gasteiger charge is 2.08. The van der Waals surface area contributed by atoms with Crippen molar-refractivity contribution in [1.82, 2.24) is 4.90 Å². The molecule has 146 valence electrons. The molecule has 0 heterocycles. The molecule has 0 atom stereocenters. The minimum atomic E-state index is 0.682. The zero-order chi connectivity index (χ0) is 19.8. The molecule has 2 rings (SSSR count). The Morgan fingerprint density at radius 2 is 1.37 bits per heavy atom. The van der Waals surface area contributed by atoms with Crippen molar-refractivity contribution in [3.8, 4) is 11.5 Å². The average Bonchev–Trinajstić information content (AvgIpc) is 2.61. The van der Waals surface area contributed by atoms with Crippen molar-refractivity contribution in [1.29, 1.82) is 0 Å². The summed E-state index contributed by atoms with van der Waals surface area (Å²) < 4.78 is 5.87. The smallest absolute Gasteiger partial charge is 0.127 e. The lowest BCUT2D eigenvalue weighted by atomic mass is 10.1. The fraction of sp³-hybridized carbons (Fsp3) is 0.417. The molecule has 2 aromatic rings. The van der Waals surface area contributed by atoms with E-state index < -0.39 is 0 Å². The Morgan fingerprint density at radius 1 is 0.889 bits per heavy atom. The van der Waals surface area contributed by atoms with E-state index in [4.69, 9.17) is 16.3 Å². The fourth-order valence-electron chi connectivity index (χ4n) is 3.06. The van der Waals surface area contributed by atoms with E-state index in [1.165, 1.54) is 11.1 Å². The predicted molar refractivity (Wildman–Crippen MR) is 118 cm³/mol. The number of rotatable bonds is 9. The Labute approximate surface area is 169 Å². The van der Waals surface area contributed by atoms with E-state index in [1.54, 1.807) is 0 Å². The van der Waals surface area contributed by atoms with Crippen molar-refractivity contribution in [2.75, 3.05) is 19.6 Å². The highest BCUT2D eigenvalue weighted by atomic mass is 35.5. The Morgan fingerprint density at radius 3 is 1.85 bits per heavy atom. The molecule has 0 radical (unpaired) electrons. The van der Waals surface area contributed by atoms with Gasteiger partial charge in [0.1, 0.15) is 11.5 Å². The predicted octanol–water partition coefficient (Wildman–Crippen LogP) is 7.15. The number of nitrogens with zero attached hydrogens (tertiary/aromatic N) is 1. The van der Waals surface area contributed by atoms with Crippen molar-refractivity contribution in [2.45, 2.75) is 34.6 Å². The van der Waals surface area contributed by atoms with Crippen LogP contribution in [0.3, 0.4) is 0 Å². The molecule has 0 amide bonds. The van der Waals surface area contributed by atoms with Crippen LogP contribution in [0.4, 0.5) is 0 Å². The van der Waals surface area contributed by atoms with E-state index in [0.717, 1.165) is 31.1 Å². The highest BCUT2D eigenvalue weighted by Crippen LogP contribution is 2.25. The third-order valence-corrected chi connectivity index (χ3v) is 4.51. The molecule has 27 heavy (non-hydrogen) atoms. The summed E-state index contributed by atoms with van der Waals surface area (Å²) in [5.74, 6) is 2.98. The first-order valence-corrected chi connectivity index (χ1v) is 10.1. The molecule has 2 aromatic carbocycles. The standard InChI is InChI=1S/C24H32ClNO/c1-18(2)16-26(17-19(3)4)15-14-20(5)21-6-10-23(11-7-21)27-24-12-8-22(25)9-13-24/h6-14,18-19H,15-17H2,1-5H3. The number of ether oxygens (including phenoxy) is 1. The van der Waals surface area contributed by atoms with E-state index in [2.05, 4.69) is 57.7 Å². The molecule has 0 spiro atoms. The van der Waals surface area contributed by atoms with Crippen molar-refractivity contribution >= 4 is 17.2 Å². The van der Waals surface area contributed by atoms with Gasteiger partial charge in [0.15, 0.2) is 0 Å². The van der Waals surface area contributed by atoms with Crippen LogP contribution in [-0.2, 0) is 0 Å². The molecule has 2 nitrogen and oxygen atoms in total. The van der Waals surface area contributed by atoms with Crippen LogP contribution < -0.4 is 4.74 Å². The minimum Gasteiger partial charge on any atom is -0.457 e. The lowest BCUT2D eigenvalue weighted by molar-refractivity contribution is 0.241. The molecule has 0 bridgehead atoms. The van der Waals surface area contributed by atoms with E-state index >= 15 is 0 Å². The van der Waals surface area contributed by atoms with Gasteiger partial charge in [0.25, 0.3) is 0 Å². The topological polar surface area (TPSA) is 12.5 Å². The van der Waals surface area contributed by atoms with Gasteiger partial charge in [-0.2, -0.15) is 0 Å². The monoisotopic (exact) mass is 385 g/mol. The maximum Gasteiger partial charge on any atom is 0.127 e. The molecule has 0 saturated heterocycles. The molecule has 0 N–H and O–H groups in total. The Kier molecular flexibility index (Phi) is 8.40. The van der Waals surface area contributed by atoms with Crippen molar-refractivity contribution in [2.24, 2.45) is 11.8 Å². The van der Waals surface area contributed by atoms with E-state index in [1.807, 2.05) is 36.4 Å². The summed E-state index contributed by atoms with van der Waals surface area (Å²) in [5.41, 5.74) is 2.53. The first-order valence-electron chi connectivity index (χ1n) is 9.76. The van der Waals surface area contributed by atoms with Gasteiger partial charge in [0, 0.05) is 24.7 Å². The van der Waals surface area contributed by atoms with E-state index in [9.17, 15) is 0 Å². The molecule has 0 saturated carbocycles. The first kappa shape index (κ1) is 21.5. The number of hydrogen-bond acceptors (Lipinski definition) is 2. The highest BCUT2D eigenvalue weighted by molar-refractivity contribution is 6.30. The number of hydrogen-bond donors (Lipinski definition) is 0. The number of benzene rings is 2. The Balaban J connectivity index is 1.99. The van der Waals surface area contributed by atoms with Crippen LogP contribution in [0.1, 0.15) is 40.2 Å². The summed E-state index contributed by atoms with van der Waals surface area (Å²) in [6.07, 6.45) is 2.33. The van der Waals surface area contributed by atoms with Gasteiger partial charge in [-0.3, -0.25) is 4.90 Å². The number of allylic oxidation sites excluding steroid dienone is 1. The second kappa shape index (κ2) is 10.5. The second-order valence-electron chi connectivity index (χ2n) is 7.97. The molecular weight excluding hydrogens is 354 g/mol. The molecule has 0 aliphatic carbocycles. The average molecular weight is 386 g/mol. The molecule has 0 fully saturated rings. The summed E-state index contributed by atoms with van der Waals surface area (Å²) in [6.45, 7) is 14.6. The zero-order valence-electron chi connectivity index (χ0n) is 17.2. The van der Waals surface area contributed by atoms with Crippen molar-refractivity contribution < 1.29 is 4.74 Å². The summed E-state index contributed by atoms with van der Waals surface area (Å²) in [4.78, 5) is 2.54. The van der Waals surface area contributed by atoms with Gasteiger partial charge >= 0.3 is 0 Å². The van der Waals surface area contributed by atoms with Gasteiger partial charge in [0.05, 0.1) is 0 Å². The maximum atomic E-state index is 5.91. The molecule has 0 unspecified atom stereocenters. The van der Waals surface area contributed by atoms with Crippen LogP contribution in [0, 0.1) is 11.8 Å². The van der Waals surface area contributed by atoms with Gasteiger partial charge in [-0.25, -0.2) is 0 Å². The second-order valence-corrected chi connectivity index (χ2v) is 8.41. The summed E-state index contributed by atoms with van der Waals surface area (Å²) >= 11 is 5.91. The quantitative estimate of drug-likeness (QED) is 0.454. The third kappa shape index (κ3) is 7.78. The van der Waals surface area contributed by atoms with Gasteiger partial charge in [-0.1, -0.05) is 57.5 Å². The summed E-state index contributed by atoms with van der Waals surface area (Å²) in [7, 11) is 0. The Hall–Kier alpha value is -1.77. The van der Waals surface area contributed by atoms with Gasteiger partial charge in [-0.15, -0.1) is 0 Å².